The van der Waals surface area contributed by atoms with Gasteiger partial charge in [-0.3, -0.25) is 4.99 Å². The molecule has 0 aliphatic carbocycles. The summed E-state index contributed by atoms with van der Waals surface area (Å²) in [6, 6.07) is 5.95. The molecule has 138 valence electrons. The molecule has 0 heterocycles. The van der Waals surface area contributed by atoms with E-state index in [1.165, 1.54) is 0 Å². The molecular weight excluding hydrogens is 421 g/mol. The van der Waals surface area contributed by atoms with Crippen LogP contribution >= 0.6 is 24.0 Å². The zero-order valence-electron chi connectivity index (χ0n) is 15.1. The number of ether oxygens (including phenoxy) is 3. The van der Waals surface area contributed by atoms with Gasteiger partial charge in [0.05, 0.1) is 13.7 Å². The Hall–Kier alpha value is -1.22. The molecule has 0 spiro atoms. The fourth-order valence-corrected chi connectivity index (χ4v) is 1.98. The first-order valence-electron chi connectivity index (χ1n) is 7.98. The van der Waals surface area contributed by atoms with Gasteiger partial charge in [-0.2, -0.15) is 0 Å². The topological polar surface area (TPSA) is 64.1 Å². The molecule has 0 bridgehead atoms. The molecular formula is C17H30IN3O3. The van der Waals surface area contributed by atoms with Crippen molar-refractivity contribution in [1.29, 1.82) is 0 Å². The molecule has 0 saturated carbocycles. The van der Waals surface area contributed by atoms with E-state index in [9.17, 15) is 0 Å². The Balaban J connectivity index is 0.00000529. The highest BCUT2D eigenvalue weighted by Crippen LogP contribution is 2.28. The highest BCUT2D eigenvalue weighted by molar-refractivity contribution is 14.0. The highest BCUT2D eigenvalue weighted by atomic mass is 127. The van der Waals surface area contributed by atoms with Gasteiger partial charge in [0.2, 0.25) is 0 Å². The first-order chi connectivity index (χ1) is 11.2. The summed E-state index contributed by atoms with van der Waals surface area (Å²) in [4.78, 5) is 4.20. The van der Waals surface area contributed by atoms with Crippen molar-refractivity contribution in [1.82, 2.24) is 10.6 Å². The van der Waals surface area contributed by atoms with E-state index >= 15 is 0 Å². The van der Waals surface area contributed by atoms with Crippen molar-refractivity contribution in [3.8, 4) is 11.5 Å². The van der Waals surface area contributed by atoms with Crippen molar-refractivity contribution >= 4 is 29.9 Å². The summed E-state index contributed by atoms with van der Waals surface area (Å²) in [5.41, 5.74) is 1.10. The first-order valence-corrected chi connectivity index (χ1v) is 7.98. The lowest BCUT2D eigenvalue weighted by Crippen LogP contribution is -2.37. The standard InChI is InChI=1S/C17H29N3O3.HI/c1-5-10-23-15-8-7-14(12-16(15)22-4)13-20-17(18-2)19-9-6-11-21-3;/h7-8,12H,5-6,9-11,13H2,1-4H3,(H2,18,19,20);1H. The van der Waals surface area contributed by atoms with Gasteiger partial charge in [0.1, 0.15) is 0 Å². The summed E-state index contributed by atoms with van der Waals surface area (Å²) < 4.78 is 16.1. The summed E-state index contributed by atoms with van der Waals surface area (Å²) in [7, 11) is 5.11. The lowest BCUT2D eigenvalue weighted by atomic mass is 10.2. The summed E-state index contributed by atoms with van der Waals surface area (Å²) in [5, 5.41) is 6.52. The van der Waals surface area contributed by atoms with Crippen LogP contribution in [0.4, 0.5) is 0 Å². The quantitative estimate of drug-likeness (QED) is 0.248. The van der Waals surface area contributed by atoms with Crippen LogP contribution in [0.25, 0.3) is 0 Å². The minimum Gasteiger partial charge on any atom is -0.493 e. The maximum atomic E-state index is 5.66. The molecule has 1 rings (SSSR count). The van der Waals surface area contributed by atoms with Gasteiger partial charge >= 0.3 is 0 Å². The van der Waals surface area contributed by atoms with Crippen LogP contribution in [0, 0.1) is 0 Å². The molecule has 24 heavy (non-hydrogen) atoms. The second kappa shape index (κ2) is 14.2. The predicted octanol–water partition coefficient (Wildman–Crippen LogP) is 2.80. The normalized spacial score (nSPS) is 10.8. The molecule has 0 unspecified atom stereocenters. The number of hydrogen-bond acceptors (Lipinski definition) is 4. The summed E-state index contributed by atoms with van der Waals surface area (Å²) in [6.07, 6.45) is 1.91. The molecule has 0 fully saturated rings. The number of nitrogens with zero attached hydrogens (tertiary/aromatic N) is 1. The SMILES string of the molecule is CCCOc1ccc(CNC(=NC)NCCCOC)cc1OC.I. The second-order valence-electron chi connectivity index (χ2n) is 5.03. The Bertz CT molecular complexity index is 484. The average Bonchev–Trinajstić information content (AvgIpc) is 2.59. The van der Waals surface area contributed by atoms with Crippen LogP contribution in [0.1, 0.15) is 25.3 Å². The number of guanidine groups is 1. The van der Waals surface area contributed by atoms with Gasteiger partial charge < -0.3 is 24.8 Å². The van der Waals surface area contributed by atoms with E-state index in [0.29, 0.717) is 13.2 Å². The molecule has 7 heteroatoms. The minimum absolute atomic E-state index is 0. The lowest BCUT2D eigenvalue weighted by molar-refractivity contribution is 0.195. The molecule has 0 aliphatic heterocycles. The average molecular weight is 451 g/mol. The fraction of sp³-hybridized carbons (Fsp3) is 0.588. The Labute approximate surface area is 162 Å². The van der Waals surface area contributed by atoms with E-state index < -0.39 is 0 Å². The number of halogens is 1. The van der Waals surface area contributed by atoms with Gasteiger partial charge in [0.15, 0.2) is 17.5 Å². The Morgan fingerprint density at radius 2 is 1.92 bits per heavy atom. The molecule has 0 amide bonds. The van der Waals surface area contributed by atoms with Gasteiger partial charge in [-0.05, 0) is 30.5 Å². The molecule has 2 N–H and O–H groups in total. The van der Waals surface area contributed by atoms with Crippen molar-refractivity contribution in [3.63, 3.8) is 0 Å². The molecule has 1 aromatic carbocycles. The molecule has 1 aromatic rings. The van der Waals surface area contributed by atoms with Crippen LogP contribution in [0.3, 0.4) is 0 Å². The van der Waals surface area contributed by atoms with Gasteiger partial charge in [-0.25, -0.2) is 0 Å². The number of hydrogen-bond donors (Lipinski definition) is 2. The third-order valence-corrected chi connectivity index (χ3v) is 3.19. The van der Waals surface area contributed by atoms with Crippen molar-refractivity contribution in [2.24, 2.45) is 4.99 Å². The summed E-state index contributed by atoms with van der Waals surface area (Å²) >= 11 is 0. The predicted molar refractivity (Wildman–Crippen MR) is 109 cm³/mol. The van der Waals surface area contributed by atoms with Gasteiger partial charge in [0, 0.05) is 33.9 Å². The monoisotopic (exact) mass is 451 g/mol. The van der Waals surface area contributed by atoms with Crippen LogP contribution in [0.2, 0.25) is 0 Å². The maximum absolute atomic E-state index is 5.66. The molecule has 6 nitrogen and oxygen atoms in total. The smallest absolute Gasteiger partial charge is 0.191 e. The van der Waals surface area contributed by atoms with Crippen LogP contribution in [0.15, 0.2) is 23.2 Å². The molecule has 0 aliphatic rings. The Kier molecular flexibility index (Phi) is 13.4. The third kappa shape index (κ3) is 8.58. The van der Waals surface area contributed by atoms with Crippen LogP contribution in [-0.4, -0.2) is 47.0 Å². The largest absolute Gasteiger partial charge is 0.493 e. The zero-order valence-corrected chi connectivity index (χ0v) is 17.4. The van der Waals surface area contributed by atoms with E-state index in [0.717, 1.165) is 49.0 Å². The number of nitrogens with one attached hydrogen (secondary N) is 2. The fourth-order valence-electron chi connectivity index (χ4n) is 1.98. The van der Waals surface area contributed by atoms with Gasteiger partial charge in [-0.1, -0.05) is 13.0 Å². The third-order valence-electron chi connectivity index (χ3n) is 3.19. The highest BCUT2D eigenvalue weighted by Gasteiger charge is 2.06. The lowest BCUT2D eigenvalue weighted by Gasteiger charge is -2.14. The number of aliphatic imine (C=N–C) groups is 1. The Morgan fingerprint density at radius 1 is 1.12 bits per heavy atom. The molecule has 0 saturated heterocycles. The molecule has 0 radical (unpaired) electrons. The van der Waals surface area contributed by atoms with E-state index in [1.807, 2.05) is 18.2 Å². The van der Waals surface area contributed by atoms with Crippen molar-refractivity contribution in [2.75, 3.05) is 41.0 Å². The van der Waals surface area contributed by atoms with Crippen LogP contribution < -0.4 is 20.1 Å². The van der Waals surface area contributed by atoms with Gasteiger partial charge in [-0.15, -0.1) is 24.0 Å². The van der Waals surface area contributed by atoms with E-state index in [2.05, 4.69) is 22.5 Å². The number of rotatable bonds is 10. The van der Waals surface area contributed by atoms with Crippen molar-refractivity contribution < 1.29 is 14.2 Å². The Morgan fingerprint density at radius 3 is 2.54 bits per heavy atom. The summed E-state index contributed by atoms with van der Waals surface area (Å²) in [6.45, 7) is 4.98. The van der Waals surface area contributed by atoms with Gasteiger partial charge in [0.25, 0.3) is 0 Å². The van der Waals surface area contributed by atoms with Crippen LogP contribution in [0.5, 0.6) is 11.5 Å². The maximum Gasteiger partial charge on any atom is 0.191 e. The number of methoxy groups -OCH3 is 2. The van der Waals surface area contributed by atoms with E-state index in [4.69, 9.17) is 14.2 Å². The van der Waals surface area contributed by atoms with Crippen molar-refractivity contribution in [3.05, 3.63) is 23.8 Å². The van der Waals surface area contributed by atoms with E-state index in [-0.39, 0.29) is 24.0 Å². The summed E-state index contributed by atoms with van der Waals surface area (Å²) in [5.74, 6) is 2.30. The molecule has 0 atom stereocenters. The zero-order chi connectivity index (χ0) is 16.9. The number of benzene rings is 1. The minimum atomic E-state index is 0. The first kappa shape index (κ1) is 22.8. The van der Waals surface area contributed by atoms with Crippen molar-refractivity contribution in [2.45, 2.75) is 26.3 Å². The molecule has 0 aromatic heterocycles. The van der Waals surface area contributed by atoms with E-state index in [1.54, 1.807) is 21.3 Å². The van der Waals surface area contributed by atoms with Crippen LogP contribution in [-0.2, 0) is 11.3 Å². The second-order valence-corrected chi connectivity index (χ2v) is 5.03.